The molecule has 68 valence electrons. The van der Waals surface area contributed by atoms with E-state index in [1.165, 1.54) is 0 Å². The van der Waals surface area contributed by atoms with Crippen LogP contribution in [0.5, 0.6) is 0 Å². The van der Waals surface area contributed by atoms with E-state index in [-0.39, 0.29) is 24.2 Å². The second-order valence-electron chi connectivity index (χ2n) is 3.05. The van der Waals surface area contributed by atoms with Gasteiger partial charge in [0, 0.05) is 17.9 Å². The van der Waals surface area contributed by atoms with Crippen LogP contribution in [0.15, 0.2) is 11.6 Å². The third-order valence-corrected chi connectivity index (χ3v) is 1.82. The number of imide groups is 1. The zero-order valence-electron chi connectivity index (χ0n) is 7.33. The number of nitrogens with zero attached hydrogens (tertiary/aromatic N) is 1. The smallest absolute Gasteiger partial charge is 0.253 e. The minimum atomic E-state index is -0.363. The molecule has 0 fully saturated rings. The molecule has 1 atom stereocenters. The molecule has 13 heavy (non-hydrogen) atoms. The van der Waals surface area contributed by atoms with Gasteiger partial charge >= 0.3 is 0 Å². The number of carbonyl (C=O) groups is 2. The first-order valence-electron chi connectivity index (χ1n) is 4.06. The summed E-state index contributed by atoms with van der Waals surface area (Å²) in [5, 5.41) is 10.7. The number of nitrogens with one attached hydrogen (secondary N) is 1. The number of hydrogen-bond acceptors (Lipinski definition) is 3. The Morgan fingerprint density at radius 1 is 1.69 bits per heavy atom. The van der Waals surface area contributed by atoms with E-state index in [1.807, 2.05) is 6.07 Å². The monoisotopic (exact) mass is 178 g/mol. The number of amides is 2. The lowest BCUT2D eigenvalue weighted by Gasteiger charge is -2.12. The minimum Gasteiger partial charge on any atom is -0.292 e. The average molecular weight is 178 g/mol. The Morgan fingerprint density at radius 3 is 2.92 bits per heavy atom. The summed E-state index contributed by atoms with van der Waals surface area (Å²) in [6.07, 6.45) is 2.24. The van der Waals surface area contributed by atoms with Gasteiger partial charge in [0.2, 0.25) is 5.91 Å². The molecule has 0 aliphatic carbocycles. The Kier molecular flexibility index (Phi) is 2.80. The molecule has 0 bridgehead atoms. The molecule has 0 aromatic heterocycles. The lowest BCUT2D eigenvalue weighted by molar-refractivity contribution is -0.128. The molecule has 0 aromatic rings. The van der Waals surface area contributed by atoms with Gasteiger partial charge in [-0.3, -0.25) is 14.9 Å². The van der Waals surface area contributed by atoms with Crippen LogP contribution in [0.4, 0.5) is 0 Å². The van der Waals surface area contributed by atoms with Crippen molar-refractivity contribution in [3.05, 3.63) is 11.6 Å². The van der Waals surface area contributed by atoms with Gasteiger partial charge in [-0.1, -0.05) is 6.08 Å². The van der Waals surface area contributed by atoms with Crippen LogP contribution in [0.1, 0.15) is 19.8 Å². The third kappa shape index (κ3) is 2.41. The molecule has 4 heteroatoms. The first kappa shape index (κ1) is 9.46. The fourth-order valence-corrected chi connectivity index (χ4v) is 1.12. The van der Waals surface area contributed by atoms with Gasteiger partial charge in [-0.25, -0.2) is 0 Å². The Morgan fingerprint density at radius 2 is 2.38 bits per heavy atom. The van der Waals surface area contributed by atoms with Crippen LogP contribution in [0.3, 0.4) is 0 Å². The summed E-state index contributed by atoms with van der Waals surface area (Å²) < 4.78 is 0. The molecule has 1 N–H and O–H groups in total. The van der Waals surface area contributed by atoms with Crippen LogP contribution < -0.4 is 5.32 Å². The van der Waals surface area contributed by atoms with E-state index in [0.717, 1.165) is 0 Å². The molecule has 0 spiro atoms. The summed E-state index contributed by atoms with van der Waals surface area (Å²) in [6.45, 7) is 1.74. The summed E-state index contributed by atoms with van der Waals surface area (Å²) in [7, 11) is 0. The van der Waals surface area contributed by atoms with Gasteiger partial charge in [0.15, 0.2) is 0 Å². The summed E-state index contributed by atoms with van der Waals surface area (Å²) in [6, 6.07) is 2.04. The van der Waals surface area contributed by atoms with Crippen LogP contribution in [0.25, 0.3) is 0 Å². The molecule has 0 saturated heterocycles. The molecule has 1 aliphatic rings. The second-order valence-corrected chi connectivity index (χ2v) is 3.05. The lowest BCUT2D eigenvalue weighted by atomic mass is 9.99. The van der Waals surface area contributed by atoms with Crippen molar-refractivity contribution in [2.75, 3.05) is 0 Å². The Bertz CT molecular complexity index is 312. The number of rotatable bonds is 2. The predicted octanol–water partition coefficient (Wildman–Crippen LogP) is 0.509. The molecule has 2 amide bonds. The SMILES string of the molecule is CC(C#N)CC1=CCC(=O)NC1=O. The molecule has 4 nitrogen and oxygen atoms in total. The second kappa shape index (κ2) is 3.85. The normalized spacial score (nSPS) is 18.6. The first-order valence-corrected chi connectivity index (χ1v) is 4.06. The molecule has 0 aromatic carbocycles. The maximum Gasteiger partial charge on any atom is 0.253 e. The summed E-state index contributed by atoms with van der Waals surface area (Å²) in [4.78, 5) is 21.9. The van der Waals surface area contributed by atoms with Gasteiger partial charge in [-0.15, -0.1) is 0 Å². The zero-order valence-corrected chi connectivity index (χ0v) is 7.33. The van der Waals surface area contributed by atoms with Crippen molar-refractivity contribution in [3.8, 4) is 6.07 Å². The highest BCUT2D eigenvalue weighted by molar-refractivity contribution is 6.07. The van der Waals surface area contributed by atoms with Crippen molar-refractivity contribution in [1.29, 1.82) is 5.26 Å². The van der Waals surface area contributed by atoms with Gasteiger partial charge in [0.1, 0.15) is 0 Å². The van der Waals surface area contributed by atoms with E-state index < -0.39 is 0 Å². The van der Waals surface area contributed by atoms with Crippen molar-refractivity contribution >= 4 is 11.8 Å². The number of hydrogen-bond donors (Lipinski definition) is 1. The highest BCUT2D eigenvalue weighted by Crippen LogP contribution is 2.14. The largest absolute Gasteiger partial charge is 0.292 e. The van der Waals surface area contributed by atoms with E-state index in [0.29, 0.717) is 12.0 Å². The quantitative estimate of drug-likeness (QED) is 0.626. The van der Waals surface area contributed by atoms with E-state index >= 15 is 0 Å². The molecule has 0 radical (unpaired) electrons. The molecule has 0 saturated carbocycles. The van der Waals surface area contributed by atoms with Crippen molar-refractivity contribution in [2.45, 2.75) is 19.8 Å². The van der Waals surface area contributed by atoms with Crippen LogP contribution in [0, 0.1) is 17.2 Å². The average Bonchev–Trinajstić information content (AvgIpc) is 2.09. The van der Waals surface area contributed by atoms with E-state index in [4.69, 9.17) is 5.26 Å². The predicted molar refractivity (Wildman–Crippen MR) is 45.2 cm³/mol. The standard InChI is InChI=1S/C9H10N2O2/c1-6(5-10)4-7-2-3-8(12)11-9(7)13/h2,6H,3-4H2,1H3,(H,11,12,13). The highest BCUT2D eigenvalue weighted by atomic mass is 16.2. The van der Waals surface area contributed by atoms with Crippen LogP contribution >= 0.6 is 0 Å². The van der Waals surface area contributed by atoms with E-state index in [2.05, 4.69) is 5.32 Å². The molecule has 1 aliphatic heterocycles. The first-order chi connectivity index (χ1) is 6.13. The Hall–Kier alpha value is -1.63. The fourth-order valence-electron chi connectivity index (χ4n) is 1.12. The van der Waals surface area contributed by atoms with Gasteiger partial charge in [0.25, 0.3) is 5.91 Å². The summed E-state index contributed by atoms with van der Waals surface area (Å²) in [5.41, 5.74) is 0.536. The van der Waals surface area contributed by atoms with Gasteiger partial charge in [-0.05, 0) is 13.3 Å². The Balaban J connectivity index is 2.66. The minimum absolute atomic E-state index is 0.190. The maximum atomic E-state index is 11.1. The molecule has 1 unspecified atom stereocenters. The van der Waals surface area contributed by atoms with Crippen LogP contribution in [-0.4, -0.2) is 11.8 Å². The van der Waals surface area contributed by atoms with Crippen LogP contribution in [-0.2, 0) is 9.59 Å². The summed E-state index contributed by atoms with van der Waals surface area (Å²) >= 11 is 0. The van der Waals surface area contributed by atoms with Gasteiger partial charge in [0.05, 0.1) is 6.07 Å². The number of carbonyl (C=O) groups excluding carboxylic acids is 2. The third-order valence-electron chi connectivity index (χ3n) is 1.82. The topological polar surface area (TPSA) is 70.0 Å². The molecule has 1 rings (SSSR count). The maximum absolute atomic E-state index is 11.1. The molecular weight excluding hydrogens is 168 g/mol. The van der Waals surface area contributed by atoms with Crippen LogP contribution in [0.2, 0.25) is 0 Å². The van der Waals surface area contributed by atoms with E-state index in [1.54, 1.807) is 13.0 Å². The van der Waals surface area contributed by atoms with Crippen molar-refractivity contribution < 1.29 is 9.59 Å². The number of nitriles is 1. The van der Waals surface area contributed by atoms with Crippen molar-refractivity contribution in [1.82, 2.24) is 5.32 Å². The Labute approximate surface area is 76.2 Å². The van der Waals surface area contributed by atoms with Gasteiger partial charge < -0.3 is 0 Å². The zero-order chi connectivity index (χ0) is 9.84. The van der Waals surface area contributed by atoms with Gasteiger partial charge in [-0.2, -0.15) is 5.26 Å². The van der Waals surface area contributed by atoms with Crippen molar-refractivity contribution in [2.24, 2.45) is 5.92 Å². The summed E-state index contributed by atoms with van der Waals surface area (Å²) in [5.74, 6) is -0.832. The van der Waals surface area contributed by atoms with Crippen molar-refractivity contribution in [3.63, 3.8) is 0 Å². The highest BCUT2D eigenvalue weighted by Gasteiger charge is 2.19. The molecular formula is C9H10N2O2. The van der Waals surface area contributed by atoms with E-state index in [9.17, 15) is 9.59 Å². The molecule has 1 heterocycles. The lowest BCUT2D eigenvalue weighted by Crippen LogP contribution is -2.34. The fraction of sp³-hybridized carbons (Fsp3) is 0.444.